The summed E-state index contributed by atoms with van der Waals surface area (Å²) in [6.07, 6.45) is 9.78. The van der Waals surface area contributed by atoms with E-state index in [4.69, 9.17) is 0 Å². The number of hydrogen-bond donors (Lipinski definition) is 4. The highest BCUT2D eigenvalue weighted by Crippen LogP contribution is 2.66. The molecule has 0 aliphatic heterocycles. The summed E-state index contributed by atoms with van der Waals surface area (Å²) in [6.45, 7) is 13.8. The van der Waals surface area contributed by atoms with Crippen molar-refractivity contribution in [3.63, 3.8) is 0 Å². The zero-order valence-electron chi connectivity index (χ0n) is 22.0. The lowest BCUT2D eigenvalue weighted by molar-refractivity contribution is -0.138. The average molecular weight is 461 g/mol. The lowest BCUT2D eigenvalue weighted by atomic mass is 9.47. The van der Waals surface area contributed by atoms with E-state index in [2.05, 4.69) is 19.9 Å². The molecule has 0 bridgehead atoms. The lowest BCUT2D eigenvalue weighted by Crippen LogP contribution is -2.53. The Hall–Kier alpha value is -0.680. The third-order valence-electron chi connectivity index (χ3n) is 11.2. The van der Waals surface area contributed by atoms with Crippen LogP contribution in [-0.4, -0.2) is 43.8 Å². The zero-order valence-corrected chi connectivity index (χ0v) is 22.0. The van der Waals surface area contributed by atoms with Gasteiger partial charge in [0.05, 0.1) is 17.3 Å². The Morgan fingerprint density at radius 3 is 2.27 bits per heavy atom. The van der Waals surface area contributed by atoms with Crippen LogP contribution in [0.15, 0.2) is 22.8 Å². The van der Waals surface area contributed by atoms with Crippen molar-refractivity contribution < 1.29 is 20.4 Å². The molecular formula is C29H48O4. The first kappa shape index (κ1) is 25.4. The van der Waals surface area contributed by atoms with Crippen LogP contribution in [0.2, 0.25) is 0 Å². The maximum atomic E-state index is 11.3. The number of allylic oxidation sites excluding steroid dienone is 2. The third-order valence-corrected chi connectivity index (χ3v) is 11.2. The lowest BCUT2D eigenvalue weighted by Gasteiger charge is -2.57. The molecule has 9 unspecified atom stereocenters. The molecule has 4 N–H and O–H groups in total. The van der Waals surface area contributed by atoms with Crippen molar-refractivity contribution in [3.8, 4) is 0 Å². The van der Waals surface area contributed by atoms with Gasteiger partial charge in [-0.15, -0.1) is 0 Å². The quantitative estimate of drug-likeness (QED) is 0.438. The van der Waals surface area contributed by atoms with Gasteiger partial charge in [0.2, 0.25) is 0 Å². The first-order chi connectivity index (χ1) is 15.1. The topological polar surface area (TPSA) is 80.9 Å². The van der Waals surface area contributed by atoms with E-state index >= 15 is 0 Å². The molecule has 0 heterocycles. The van der Waals surface area contributed by atoms with Crippen molar-refractivity contribution in [3.05, 3.63) is 22.8 Å². The summed E-state index contributed by atoms with van der Waals surface area (Å²) in [5.74, 6) is 1.48. The van der Waals surface area contributed by atoms with Crippen LogP contribution >= 0.6 is 0 Å². The molecule has 188 valence electrons. The molecule has 3 saturated carbocycles. The van der Waals surface area contributed by atoms with E-state index in [1.54, 1.807) is 20.8 Å². The van der Waals surface area contributed by atoms with Gasteiger partial charge in [-0.1, -0.05) is 38.0 Å². The molecule has 0 radical (unpaired) electrons. The van der Waals surface area contributed by atoms with E-state index in [0.29, 0.717) is 17.8 Å². The van der Waals surface area contributed by atoms with Crippen LogP contribution < -0.4 is 0 Å². The van der Waals surface area contributed by atoms with Crippen LogP contribution in [0.3, 0.4) is 0 Å². The van der Waals surface area contributed by atoms with E-state index in [1.165, 1.54) is 17.6 Å². The molecular weight excluding hydrogens is 412 g/mol. The second kappa shape index (κ2) is 8.18. The fourth-order valence-electron chi connectivity index (χ4n) is 8.66. The number of aliphatic hydroxyl groups is 4. The Kier molecular flexibility index (Phi) is 6.30. The third kappa shape index (κ3) is 3.88. The zero-order chi connectivity index (χ0) is 24.6. The first-order valence-corrected chi connectivity index (χ1v) is 13.3. The van der Waals surface area contributed by atoms with Crippen LogP contribution in [-0.2, 0) is 0 Å². The van der Waals surface area contributed by atoms with Crippen LogP contribution in [0.1, 0.15) is 99.8 Å². The molecule has 0 spiro atoms. The summed E-state index contributed by atoms with van der Waals surface area (Å²) in [6, 6.07) is 0. The number of rotatable bonds is 4. The Labute approximate surface area is 201 Å². The number of hydrogen-bond acceptors (Lipinski definition) is 4. The van der Waals surface area contributed by atoms with Gasteiger partial charge in [0.25, 0.3) is 0 Å². The maximum absolute atomic E-state index is 11.3. The summed E-state index contributed by atoms with van der Waals surface area (Å²) >= 11 is 0. The second-order valence-electron chi connectivity index (χ2n) is 13.3. The van der Waals surface area contributed by atoms with E-state index in [1.807, 2.05) is 13.8 Å². The Morgan fingerprint density at radius 2 is 1.64 bits per heavy atom. The number of aliphatic hydroxyl groups excluding tert-OH is 2. The molecule has 4 aliphatic rings. The summed E-state index contributed by atoms with van der Waals surface area (Å²) in [5.41, 5.74) is 1.58. The molecule has 0 aromatic carbocycles. The van der Waals surface area contributed by atoms with Gasteiger partial charge < -0.3 is 20.4 Å². The van der Waals surface area contributed by atoms with Crippen molar-refractivity contribution in [2.24, 2.45) is 34.5 Å². The molecule has 4 rings (SSSR count). The minimum absolute atomic E-state index is 0.0656. The molecule has 4 nitrogen and oxygen atoms in total. The monoisotopic (exact) mass is 460 g/mol. The summed E-state index contributed by atoms with van der Waals surface area (Å²) < 4.78 is 0. The highest BCUT2D eigenvalue weighted by molar-refractivity contribution is 5.33. The Morgan fingerprint density at radius 1 is 1.03 bits per heavy atom. The van der Waals surface area contributed by atoms with E-state index in [0.717, 1.165) is 50.5 Å². The van der Waals surface area contributed by atoms with Crippen LogP contribution in [0.25, 0.3) is 0 Å². The molecule has 4 aliphatic carbocycles. The molecule has 0 amide bonds. The molecule has 0 saturated heterocycles. The predicted molar refractivity (Wildman–Crippen MR) is 133 cm³/mol. The van der Waals surface area contributed by atoms with Crippen molar-refractivity contribution >= 4 is 0 Å². The minimum Gasteiger partial charge on any atom is -0.393 e. The maximum Gasteiger partial charge on any atom is 0.104 e. The largest absolute Gasteiger partial charge is 0.393 e. The van der Waals surface area contributed by atoms with Crippen LogP contribution in [0.4, 0.5) is 0 Å². The van der Waals surface area contributed by atoms with Gasteiger partial charge in [-0.25, -0.2) is 0 Å². The minimum atomic E-state index is -1.40. The van der Waals surface area contributed by atoms with E-state index < -0.39 is 23.2 Å². The summed E-state index contributed by atoms with van der Waals surface area (Å²) in [7, 11) is 0. The normalized spacial score (nSPS) is 44.0. The SMILES string of the molecule is CC(=C1CCC2C3CC=C4CC(O)CCC4(C)C3CCC12C)C(O)C(C)(O)C(C)C(C)(C)O. The van der Waals surface area contributed by atoms with Gasteiger partial charge in [-0.3, -0.25) is 0 Å². The molecule has 4 heteroatoms. The molecule has 9 atom stereocenters. The van der Waals surface area contributed by atoms with Gasteiger partial charge in [-0.05, 0) is 113 Å². The highest BCUT2D eigenvalue weighted by atomic mass is 16.3. The van der Waals surface area contributed by atoms with Crippen molar-refractivity contribution in [1.29, 1.82) is 0 Å². The number of fused-ring (bicyclic) bond motifs is 5. The van der Waals surface area contributed by atoms with Crippen molar-refractivity contribution in [1.82, 2.24) is 0 Å². The Balaban J connectivity index is 1.63. The summed E-state index contributed by atoms with van der Waals surface area (Å²) in [5, 5.41) is 43.4. The van der Waals surface area contributed by atoms with Gasteiger partial charge in [0.15, 0.2) is 0 Å². The summed E-state index contributed by atoms with van der Waals surface area (Å²) in [4.78, 5) is 0. The first-order valence-electron chi connectivity index (χ1n) is 13.3. The molecule has 0 aromatic rings. The Bertz CT molecular complexity index is 833. The van der Waals surface area contributed by atoms with Gasteiger partial charge in [0.1, 0.15) is 6.10 Å². The average Bonchev–Trinajstić information content (AvgIpc) is 3.09. The molecule has 3 fully saturated rings. The van der Waals surface area contributed by atoms with Crippen LogP contribution in [0.5, 0.6) is 0 Å². The van der Waals surface area contributed by atoms with Gasteiger partial charge >= 0.3 is 0 Å². The van der Waals surface area contributed by atoms with Crippen LogP contribution in [0, 0.1) is 34.5 Å². The van der Waals surface area contributed by atoms with Gasteiger partial charge in [0, 0.05) is 5.92 Å². The predicted octanol–water partition coefficient (Wildman–Crippen LogP) is 5.15. The van der Waals surface area contributed by atoms with E-state index in [-0.39, 0.29) is 16.9 Å². The highest BCUT2D eigenvalue weighted by Gasteiger charge is 2.58. The standard InChI is InChI=1S/C29H48O4/c1-17(25(31)29(7,33)18(2)26(3,4)32)22-10-11-23-21-9-8-19-16-20(30)12-14-27(19,5)24(21)13-15-28(22,23)6/h8,18,20-21,23-25,30-33H,9-16H2,1-7H3. The fourth-order valence-corrected chi connectivity index (χ4v) is 8.66. The molecule has 33 heavy (non-hydrogen) atoms. The van der Waals surface area contributed by atoms with Crippen molar-refractivity contribution in [2.75, 3.05) is 0 Å². The fraction of sp³-hybridized carbons (Fsp3) is 0.862. The van der Waals surface area contributed by atoms with Gasteiger partial charge in [-0.2, -0.15) is 0 Å². The molecule has 0 aromatic heterocycles. The van der Waals surface area contributed by atoms with Crippen molar-refractivity contribution in [2.45, 2.75) is 123 Å². The second-order valence-corrected chi connectivity index (χ2v) is 13.3. The van der Waals surface area contributed by atoms with E-state index in [9.17, 15) is 20.4 Å². The smallest absolute Gasteiger partial charge is 0.104 e.